The van der Waals surface area contributed by atoms with Crippen molar-refractivity contribution in [2.45, 2.75) is 145 Å². The normalized spacial score (nSPS) is 28.6. The zero-order valence-electron chi connectivity index (χ0n) is 32.7. The number of allylic oxidation sites excluding steroid dienone is 1. The Morgan fingerprint density at radius 1 is 1.00 bits per heavy atom. The fourth-order valence-electron chi connectivity index (χ4n) is 8.06. The highest BCUT2D eigenvalue weighted by molar-refractivity contribution is 7.91. The molecule has 7 rings (SSSR count). The van der Waals surface area contributed by atoms with E-state index in [-0.39, 0.29) is 37.3 Å². The molecule has 1 saturated heterocycles. The number of carbonyl (C=O) groups excluding carboxylic acids is 4. The number of sulfonamides is 1. The number of fused-ring (bicyclic) bond motifs is 3. The van der Waals surface area contributed by atoms with Crippen molar-refractivity contribution in [3.63, 3.8) is 0 Å². The van der Waals surface area contributed by atoms with E-state index in [1.165, 1.54) is 4.90 Å². The largest absolute Gasteiger partial charge is 0.497 e. The molecule has 2 aromatic rings. The molecule has 1 aromatic carbocycles. The van der Waals surface area contributed by atoms with Crippen LogP contribution in [0.2, 0.25) is 0 Å². The summed E-state index contributed by atoms with van der Waals surface area (Å²) in [7, 11) is -2.43. The van der Waals surface area contributed by atoms with Gasteiger partial charge in [0.05, 0.1) is 29.4 Å². The molecule has 16 heteroatoms. The summed E-state index contributed by atoms with van der Waals surface area (Å²) in [5, 5.41) is 5.73. The molecule has 3 saturated carbocycles. The summed E-state index contributed by atoms with van der Waals surface area (Å²) in [5.74, 6) is -1.54. The number of carbonyl (C=O) groups is 4. The lowest BCUT2D eigenvalue weighted by atomic mass is 10.0. The Kier molecular flexibility index (Phi) is 11.2. The van der Waals surface area contributed by atoms with E-state index in [4.69, 9.17) is 24.2 Å². The van der Waals surface area contributed by atoms with Gasteiger partial charge >= 0.3 is 6.09 Å². The number of benzene rings is 1. The zero-order chi connectivity index (χ0) is 39.8. The lowest BCUT2D eigenvalue weighted by Gasteiger charge is -2.30. The van der Waals surface area contributed by atoms with Gasteiger partial charge in [-0.15, -0.1) is 0 Å². The summed E-state index contributed by atoms with van der Waals surface area (Å²) < 4.78 is 45.2. The zero-order valence-corrected chi connectivity index (χ0v) is 33.5. The van der Waals surface area contributed by atoms with Gasteiger partial charge in [-0.2, -0.15) is 0 Å². The van der Waals surface area contributed by atoms with Gasteiger partial charge in [0.25, 0.3) is 5.91 Å². The maximum absolute atomic E-state index is 14.6. The molecule has 0 spiro atoms. The molecule has 4 amide bonds. The van der Waals surface area contributed by atoms with E-state index < -0.39 is 68.2 Å². The smallest absolute Gasteiger partial charge is 0.408 e. The fraction of sp³-hybridized carbons (Fsp3) is 0.650. The molecule has 15 nitrogen and oxygen atoms in total. The molecular formula is C40H54N6O9S. The van der Waals surface area contributed by atoms with E-state index in [9.17, 15) is 27.6 Å². The number of aromatic nitrogens is 2. The first-order chi connectivity index (χ1) is 26.7. The maximum atomic E-state index is 14.6. The average Bonchev–Trinajstić information content (AvgIpc) is 3.93. The van der Waals surface area contributed by atoms with Crippen LogP contribution < -0.4 is 24.8 Å². The highest BCUT2D eigenvalue weighted by Crippen LogP contribution is 2.47. The van der Waals surface area contributed by atoms with Gasteiger partial charge in [0.1, 0.15) is 41.3 Å². The van der Waals surface area contributed by atoms with Crippen molar-refractivity contribution in [3.05, 3.63) is 36.0 Å². The monoisotopic (exact) mass is 794 g/mol. The summed E-state index contributed by atoms with van der Waals surface area (Å²) in [5.41, 5.74) is 0.288. The van der Waals surface area contributed by atoms with Crippen molar-refractivity contribution in [1.29, 1.82) is 0 Å². The molecule has 56 heavy (non-hydrogen) atoms. The Bertz CT molecular complexity index is 2000. The van der Waals surface area contributed by atoms with E-state index in [2.05, 4.69) is 15.4 Å². The fourth-order valence-corrected chi connectivity index (χ4v) is 9.37. The highest BCUT2D eigenvalue weighted by Gasteiger charge is 2.63. The van der Waals surface area contributed by atoms with Gasteiger partial charge < -0.3 is 29.7 Å². The van der Waals surface area contributed by atoms with Gasteiger partial charge in [-0.3, -0.25) is 19.1 Å². The molecule has 4 fully saturated rings. The molecule has 2 aliphatic heterocycles. The molecule has 0 unspecified atom stereocenters. The molecule has 3 aliphatic carbocycles. The number of ether oxygens (including phenoxy) is 3. The number of rotatable bonds is 9. The topological polar surface area (TPSA) is 195 Å². The number of nitrogens with one attached hydrogen (secondary N) is 3. The van der Waals surface area contributed by atoms with Crippen LogP contribution in [0.5, 0.6) is 11.6 Å². The minimum absolute atomic E-state index is 0.0165. The molecule has 0 bridgehead atoms. The summed E-state index contributed by atoms with van der Waals surface area (Å²) in [4.78, 5) is 67.2. The van der Waals surface area contributed by atoms with Gasteiger partial charge in [0.2, 0.25) is 27.7 Å². The van der Waals surface area contributed by atoms with E-state index in [0.717, 1.165) is 38.5 Å². The number of hydrogen-bond donors (Lipinski definition) is 3. The van der Waals surface area contributed by atoms with Gasteiger partial charge in [-0.1, -0.05) is 38.8 Å². The van der Waals surface area contributed by atoms with Gasteiger partial charge in [-0.05, 0) is 83.3 Å². The molecule has 1 aromatic heterocycles. The number of hydrogen-bond acceptors (Lipinski definition) is 11. The van der Waals surface area contributed by atoms with Crippen LogP contribution in [0.15, 0.2) is 30.4 Å². The predicted molar refractivity (Wildman–Crippen MR) is 206 cm³/mol. The summed E-state index contributed by atoms with van der Waals surface area (Å²) >= 11 is 0. The number of methoxy groups -OCH3 is 1. The Labute approximate surface area is 328 Å². The van der Waals surface area contributed by atoms with Gasteiger partial charge in [-0.25, -0.2) is 23.2 Å². The third-order valence-electron chi connectivity index (χ3n) is 12.0. The van der Waals surface area contributed by atoms with Crippen molar-refractivity contribution in [2.75, 3.05) is 13.7 Å². The van der Waals surface area contributed by atoms with Crippen LogP contribution in [-0.4, -0.2) is 95.3 Å². The quantitative estimate of drug-likeness (QED) is 0.302. The molecule has 3 N–H and O–H groups in total. The number of amides is 4. The second kappa shape index (κ2) is 15.8. The molecule has 5 aliphatic rings. The lowest BCUT2D eigenvalue weighted by molar-refractivity contribution is -0.141. The maximum Gasteiger partial charge on any atom is 0.408 e. The van der Waals surface area contributed by atoms with Crippen molar-refractivity contribution in [2.24, 2.45) is 5.92 Å². The first kappa shape index (κ1) is 39.8. The van der Waals surface area contributed by atoms with Crippen molar-refractivity contribution < 1.29 is 41.8 Å². The first-order valence-corrected chi connectivity index (χ1v) is 21.6. The van der Waals surface area contributed by atoms with E-state index in [0.29, 0.717) is 54.6 Å². The van der Waals surface area contributed by atoms with E-state index in [1.807, 2.05) is 32.1 Å². The Balaban J connectivity index is 1.20. The van der Waals surface area contributed by atoms with Gasteiger partial charge in [0, 0.05) is 24.3 Å². The highest BCUT2D eigenvalue weighted by atomic mass is 32.2. The molecule has 3 heterocycles. The second-order valence-corrected chi connectivity index (χ2v) is 18.8. The summed E-state index contributed by atoms with van der Waals surface area (Å²) in [6.45, 7) is 5.52. The third-order valence-corrected chi connectivity index (χ3v) is 14.2. The molecule has 5 atom stereocenters. The first-order valence-electron chi connectivity index (χ1n) is 20.1. The van der Waals surface area contributed by atoms with Crippen molar-refractivity contribution in [1.82, 2.24) is 30.2 Å². The van der Waals surface area contributed by atoms with Crippen LogP contribution in [-0.2, 0) is 29.1 Å². The Morgan fingerprint density at radius 2 is 1.75 bits per heavy atom. The molecular weight excluding hydrogens is 741 g/mol. The van der Waals surface area contributed by atoms with Crippen LogP contribution in [0.1, 0.15) is 116 Å². The van der Waals surface area contributed by atoms with Crippen LogP contribution in [0.25, 0.3) is 11.0 Å². The molecule has 0 radical (unpaired) electrons. The third kappa shape index (κ3) is 8.30. The second-order valence-electron chi connectivity index (χ2n) is 16.6. The van der Waals surface area contributed by atoms with Crippen LogP contribution in [0, 0.1) is 5.92 Å². The lowest BCUT2D eigenvalue weighted by Crippen LogP contribution is -2.58. The van der Waals surface area contributed by atoms with Crippen LogP contribution in [0.4, 0.5) is 4.79 Å². The Hall–Kier alpha value is -4.47. The summed E-state index contributed by atoms with van der Waals surface area (Å²) in [6.07, 6.45) is 10.1. The minimum atomic E-state index is -3.99. The number of alkyl carbamates (subject to hydrolysis) is 1. The van der Waals surface area contributed by atoms with Crippen LogP contribution in [0.3, 0.4) is 0 Å². The Morgan fingerprint density at radius 3 is 2.46 bits per heavy atom. The van der Waals surface area contributed by atoms with Crippen molar-refractivity contribution in [3.8, 4) is 11.6 Å². The SMILES string of the molecule is COc1ccc2nc(C(C)C)c(O[C@@H]3C[C@H]4C(=O)N[C@]5(C(=O)NS(=O)(=O)C6(C)CC6)C[C@H]5/C=C\CCCCC[C@H](NC(=O)OC5CCCC5)C(=O)N4C3)nc2c1. The minimum Gasteiger partial charge on any atom is -0.497 e. The van der Waals surface area contributed by atoms with Crippen LogP contribution >= 0.6 is 0 Å². The van der Waals surface area contributed by atoms with E-state index in [1.54, 1.807) is 26.2 Å². The number of nitrogens with zero attached hydrogens (tertiary/aromatic N) is 3. The van der Waals surface area contributed by atoms with E-state index >= 15 is 0 Å². The molecule has 304 valence electrons. The van der Waals surface area contributed by atoms with Gasteiger partial charge in [0.15, 0.2) is 0 Å². The standard InChI is InChI=1S/C40H54N6O9S/c1-24(2)33-35(42-31-20-27(53-4)16-17-29(31)41-33)54-28-21-32-34(47)44-40(37(49)45-56(51,52)39(3)18-19-39)22-25(40)12-8-6-5-7-9-15-30(36(48)46(32)23-28)43-38(50)55-26-13-10-11-14-26/h8,12,16-17,20,24-26,28,30,32H,5-7,9-11,13-15,18-19,21-23H2,1-4H3,(H,43,50)(H,44,47)(H,45,49)/b12-8-/t25-,28-,30+,32+,40-/m1/s1. The van der Waals surface area contributed by atoms with Crippen molar-refractivity contribution >= 4 is 44.9 Å². The average molecular weight is 795 g/mol. The predicted octanol–water partition coefficient (Wildman–Crippen LogP) is 4.54. The summed E-state index contributed by atoms with van der Waals surface area (Å²) in [6, 6.07) is 3.28.